The minimum atomic E-state index is -0.714. The highest BCUT2D eigenvalue weighted by Gasteiger charge is 2.20. The van der Waals surface area contributed by atoms with Crippen LogP contribution >= 0.6 is 11.3 Å². The summed E-state index contributed by atoms with van der Waals surface area (Å²) in [4.78, 5) is 43.9. The minimum Gasteiger partial charge on any atom is -0.495 e. The number of carbonyl (C=O) groups excluding carboxylic acids is 3. The van der Waals surface area contributed by atoms with Crippen LogP contribution in [0.2, 0.25) is 0 Å². The molecular weight excluding hydrogens is 526 g/mol. The monoisotopic (exact) mass is 551 g/mol. The van der Waals surface area contributed by atoms with Gasteiger partial charge in [-0.05, 0) is 48.4 Å². The van der Waals surface area contributed by atoms with Gasteiger partial charge in [0.05, 0.1) is 24.0 Å². The van der Waals surface area contributed by atoms with Gasteiger partial charge in [0, 0.05) is 16.6 Å². The standard InChI is InChI=1S/C31H25N3O5S/c1-18-8-14-23-27(32)28(40-30(23)33-18)29(36)34-24-16-22(13-15-26(24)38-2)31(37)39-17-25(35)21-11-9-20(10-12-21)19-6-4-3-5-7-19/h3-16H,17,32H2,1-2H3,(H,34,36). The first-order valence-electron chi connectivity index (χ1n) is 12.3. The molecule has 2 heterocycles. The fraction of sp³-hybridized carbons (Fsp3) is 0.0968. The predicted octanol–water partition coefficient (Wildman–Crippen LogP) is 6.15. The molecular formula is C31H25N3O5S. The van der Waals surface area contributed by atoms with E-state index in [9.17, 15) is 14.4 Å². The van der Waals surface area contributed by atoms with Gasteiger partial charge in [0.1, 0.15) is 15.5 Å². The summed E-state index contributed by atoms with van der Waals surface area (Å²) in [5.74, 6) is -1.17. The van der Waals surface area contributed by atoms with Gasteiger partial charge in [-0.2, -0.15) is 0 Å². The number of hydrogen-bond donors (Lipinski definition) is 2. The molecule has 0 aliphatic heterocycles. The van der Waals surface area contributed by atoms with Crippen molar-refractivity contribution in [2.75, 3.05) is 24.8 Å². The first-order chi connectivity index (χ1) is 19.3. The maximum Gasteiger partial charge on any atom is 0.338 e. The van der Waals surface area contributed by atoms with Crippen molar-refractivity contribution in [3.05, 3.63) is 107 Å². The second-order valence-corrected chi connectivity index (χ2v) is 9.96. The number of nitrogens with zero attached hydrogens (tertiary/aromatic N) is 1. The van der Waals surface area contributed by atoms with E-state index in [2.05, 4.69) is 10.3 Å². The number of nitrogens with one attached hydrogen (secondary N) is 1. The number of ketones is 1. The van der Waals surface area contributed by atoms with Crippen molar-refractivity contribution in [1.82, 2.24) is 4.98 Å². The zero-order chi connectivity index (χ0) is 28.2. The number of thiophene rings is 1. The van der Waals surface area contributed by atoms with Crippen LogP contribution < -0.4 is 15.8 Å². The Morgan fingerprint density at radius 1 is 0.900 bits per heavy atom. The Bertz CT molecular complexity index is 1730. The number of esters is 1. The Morgan fingerprint density at radius 2 is 1.60 bits per heavy atom. The van der Waals surface area contributed by atoms with Crippen LogP contribution in [0.4, 0.5) is 11.4 Å². The van der Waals surface area contributed by atoms with E-state index in [0.717, 1.165) is 16.8 Å². The molecule has 0 saturated heterocycles. The minimum absolute atomic E-state index is 0.143. The molecule has 2 aromatic heterocycles. The van der Waals surface area contributed by atoms with Crippen molar-refractivity contribution < 1.29 is 23.9 Å². The van der Waals surface area contributed by atoms with Gasteiger partial charge in [0.15, 0.2) is 12.4 Å². The van der Waals surface area contributed by atoms with Gasteiger partial charge in [-0.1, -0.05) is 54.6 Å². The number of fused-ring (bicyclic) bond motifs is 1. The predicted molar refractivity (Wildman–Crippen MR) is 156 cm³/mol. The highest BCUT2D eigenvalue weighted by Crippen LogP contribution is 2.34. The first kappa shape index (κ1) is 26.6. The van der Waals surface area contributed by atoms with Crippen LogP contribution in [0.3, 0.4) is 0 Å². The highest BCUT2D eigenvalue weighted by atomic mass is 32.1. The van der Waals surface area contributed by atoms with Crippen LogP contribution in [0.15, 0.2) is 84.9 Å². The second kappa shape index (κ2) is 11.4. The van der Waals surface area contributed by atoms with E-state index in [4.69, 9.17) is 15.2 Å². The van der Waals surface area contributed by atoms with Crippen LogP contribution in [-0.4, -0.2) is 36.4 Å². The summed E-state index contributed by atoms with van der Waals surface area (Å²) in [6.07, 6.45) is 0. The molecule has 5 rings (SSSR count). The van der Waals surface area contributed by atoms with Gasteiger partial charge < -0.3 is 20.5 Å². The number of methoxy groups -OCH3 is 1. The maximum atomic E-state index is 13.1. The number of rotatable bonds is 8. The molecule has 0 aliphatic carbocycles. The molecule has 8 nitrogen and oxygen atoms in total. The maximum absolute atomic E-state index is 13.1. The Kier molecular flexibility index (Phi) is 7.56. The molecule has 0 fully saturated rings. The van der Waals surface area contributed by atoms with E-state index in [1.165, 1.54) is 36.6 Å². The summed E-state index contributed by atoms with van der Waals surface area (Å²) in [7, 11) is 1.45. The molecule has 3 aromatic carbocycles. The molecule has 0 aliphatic rings. The number of aromatic nitrogens is 1. The van der Waals surface area contributed by atoms with E-state index in [0.29, 0.717) is 32.1 Å². The number of Topliss-reactive ketones (excluding diaryl/α,β-unsaturated/α-hetero) is 1. The number of anilines is 2. The molecule has 0 bridgehead atoms. The van der Waals surface area contributed by atoms with E-state index >= 15 is 0 Å². The molecule has 0 spiro atoms. The number of carbonyl (C=O) groups is 3. The molecule has 3 N–H and O–H groups in total. The quantitative estimate of drug-likeness (QED) is 0.175. The van der Waals surface area contributed by atoms with Crippen molar-refractivity contribution in [2.24, 2.45) is 0 Å². The van der Waals surface area contributed by atoms with Gasteiger partial charge in [-0.25, -0.2) is 9.78 Å². The fourth-order valence-corrected chi connectivity index (χ4v) is 5.18. The second-order valence-electron chi connectivity index (χ2n) is 8.96. The van der Waals surface area contributed by atoms with Gasteiger partial charge in [0.25, 0.3) is 5.91 Å². The summed E-state index contributed by atoms with van der Waals surface area (Å²) < 4.78 is 10.6. The number of aryl methyl sites for hydroxylation is 1. The Labute approximate surface area is 234 Å². The number of nitrogen functional groups attached to an aromatic ring is 1. The lowest BCUT2D eigenvalue weighted by Gasteiger charge is -2.12. The number of nitrogens with two attached hydrogens (primary N) is 1. The summed E-state index contributed by atoms with van der Waals surface area (Å²) in [5.41, 5.74) is 10.2. The van der Waals surface area contributed by atoms with Crippen molar-refractivity contribution in [3.8, 4) is 16.9 Å². The third-order valence-corrected chi connectivity index (χ3v) is 7.38. The fourth-order valence-electron chi connectivity index (χ4n) is 4.15. The van der Waals surface area contributed by atoms with Crippen molar-refractivity contribution in [2.45, 2.75) is 6.92 Å². The zero-order valence-electron chi connectivity index (χ0n) is 21.8. The summed E-state index contributed by atoms with van der Waals surface area (Å²) >= 11 is 1.18. The highest BCUT2D eigenvalue weighted by molar-refractivity contribution is 7.21. The van der Waals surface area contributed by atoms with Gasteiger partial charge >= 0.3 is 5.97 Å². The van der Waals surface area contributed by atoms with E-state index < -0.39 is 18.5 Å². The number of benzene rings is 3. The molecule has 1 amide bonds. The number of pyridine rings is 1. The Balaban J connectivity index is 1.27. The van der Waals surface area contributed by atoms with Crippen LogP contribution in [0.25, 0.3) is 21.3 Å². The number of ether oxygens (including phenoxy) is 2. The molecule has 0 radical (unpaired) electrons. The topological polar surface area (TPSA) is 121 Å². The molecule has 0 unspecified atom stereocenters. The summed E-state index contributed by atoms with van der Waals surface area (Å²) in [5, 5.41) is 3.46. The third kappa shape index (κ3) is 5.55. The molecule has 200 valence electrons. The normalized spacial score (nSPS) is 10.8. The summed E-state index contributed by atoms with van der Waals surface area (Å²) in [6, 6.07) is 25.0. The lowest BCUT2D eigenvalue weighted by atomic mass is 10.0. The van der Waals surface area contributed by atoms with Crippen LogP contribution in [-0.2, 0) is 4.74 Å². The van der Waals surface area contributed by atoms with Gasteiger partial charge in [-0.3, -0.25) is 9.59 Å². The SMILES string of the molecule is COc1ccc(C(=O)OCC(=O)c2ccc(-c3ccccc3)cc2)cc1NC(=O)c1sc2nc(C)ccc2c1N. The van der Waals surface area contributed by atoms with E-state index in [-0.39, 0.29) is 17.0 Å². The first-order valence-corrected chi connectivity index (χ1v) is 13.2. The van der Waals surface area contributed by atoms with Gasteiger partial charge in [0.2, 0.25) is 0 Å². The van der Waals surface area contributed by atoms with Crippen LogP contribution in [0.1, 0.15) is 36.1 Å². The van der Waals surface area contributed by atoms with Crippen LogP contribution in [0.5, 0.6) is 5.75 Å². The van der Waals surface area contributed by atoms with Crippen molar-refractivity contribution >= 4 is 50.6 Å². The molecule has 9 heteroatoms. The molecule has 0 atom stereocenters. The van der Waals surface area contributed by atoms with E-state index in [1.807, 2.05) is 61.5 Å². The lowest BCUT2D eigenvalue weighted by Crippen LogP contribution is -2.16. The largest absolute Gasteiger partial charge is 0.495 e. The number of hydrogen-bond acceptors (Lipinski definition) is 8. The van der Waals surface area contributed by atoms with Crippen LogP contribution in [0, 0.1) is 6.92 Å². The van der Waals surface area contributed by atoms with Crippen molar-refractivity contribution in [3.63, 3.8) is 0 Å². The summed E-state index contributed by atoms with van der Waals surface area (Å²) in [6.45, 7) is 1.43. The number of amides is 1. The lowest BCUT2D eigenvalue weighted by molar-refractivity contribution is 0.0474. The molecule has 5 aromatic rings. The average molecular weight is 552 g/mol. The average Bonchev–Trinajstić information content (AvgIpc) is 3.31. The van der Waals surface area contributed by atoms with Gasteiger partial charge in [-0.15, -0.1) is 11.3 Å². The molecule has 0 saturated carbocycles. The molecule has 40 heavy (non-hydrogen) atoms. The zero-order valence-corrected chi connectivity index (χ0v) is 22.6. The van der Waals surface area contributed by atoms with E-state index in [1.54, 1.807) is 12.1 Å². The third-order valence-electron chi connectivity index (χ3n) is 6.27. The Morgan fingerprint density at radius 3 is 2.33 bits per heavy atom. The van der Waals surface area contributed by atoms with Crippen molar-refractivity contribution in [1.29, 1.82) is 0 Å². The smallest absolute Gasteiger partial charge is 0.338 e. The Hall–Kier alpha value is -5.02.